The van der Waals surface area contributed by atoms with E-state index in [9.17, 15) is 5.11 Å². The third kappa shape index (κ3) is 4.12. The predicted octanol–water partition coefficient (Wildman–Crippen LogP) is 3.56. The Morgan fingerprint density at radius 2 is 2.00 bits per heavy atom. The Labute approximate surface area is 162 Å². The zero-order chi connectivity index (χ0) is 18.6. The molecule has 0 unspecified atom stereocenters. The van der Waals surface area contributed by atoms with Gasteiger partial charge in [0.25, 0.3) is 0 Å². The zero-order valence-electron chi connectivity index (χ0n) is 15.1. The maximum absolute atomic E-state index is 10.0. The third-order valence-corrected chi connectivity index (χ3v) is 5.54. The summed E-state index contributed by atoms with van der Waals surface area (Å²) in [5, 5.41) is 16.7. The van der Waals surface area contributed by atoms with Crippen molar-refractivity contribution >= 4 is 21.9 Å². The summed E-state index contributed by atoms with van der Waals surface area (Å²) in [7, 11) is 3.36. The fourth-order valence-corrected chi connectivity index (χ4v) is 3.77. The first-order chi connectivity index (χ1) is 12.6. The second-order valence-electron chi connectivity index (χ2n) is 6.53. The van der Waals surface area contributed by atoms with E-state index in [1.165, 1.54) is 5.56 Å². The van der Waals surface area contributed by atoms with E-state index in [4.69, 9.17) is 4.74 Å². The number of benzene rings is 2. The summed E-state index contributed by atoms with van der Waals surface area (Å²) in [6, 6.07) is 13.6. The number of ether oxygens (including phenoxy) is 1. The second kappa shape index (κ2) is 7.99. The molecule has 0 bridgehead atoms. The number of phenolic OH excluding ortho intramolecular Hbond substituents is 1. The van der Waals surface area contributed by atoms with Gasteiger partial charge in [0.1, 0.15) is 11.5 Å². The highest BCUT2D eigenvalue weighted by Crippen LogP contribution is 2.49. The number of aromatic hydroxyl groups is 1. The van der Waals surface area contributed by atoms with Crippen molar-refractivity contribution in [1.29, 1.82) is 0 Å². The van der Waals surface area contributed by atoms with Crippen LogP contribution in [0.4, 0.5) is 0 Å². The van der Waals surface area contributed by atoms with Gasteiger partial charge in [0.15, 0.2) is 5.96 Å². The molecule has 1 saturated carbocycles. The molecule has 0 spiro atoms. The maximum Gasteiger partial charge on any atom is 0.191 e. The number of halogens is 1. The smallest absolute Gasteiger partial charge is 0.191 e. The Morgan fingerprint density at radius 3 is 2.65 bits per heavy atom. The molecule has 0 atom stereocenters. The van der Waals surface area contributed by atoms with Crippen molar-refractivity contribution in [2.24, 2.45) is 4.99 Å². The number of rotatable bonds is 6. The van der Waals surface area contributed by atoms with Crippen LogP contribution in [0, 0.1) is 0 Å². The van der Waals surface area contributed by atoms with E-state index in [1.54, 1.807) is 26.3 Å². The molecule has 1 aliphatic rings. The van der Waals surface area contributed by atoms with Gasteiger partial charge in [-0.3, -0.25) is 4.99 Å². The Kier molecular flexibility index (Phi) is 5.71. The van der Waals surface area contributed by atoms with Crippen LogP contribution in [0.2, 0.25) is 0 Å². The zero-order valence-corrected chi connectivity index (χ0v) is 16.6. The molecule has 0 amide bonds. The van der Waals surface area contributed by atoms with Crippen molar-refractivity contribution in [2.45, 2.75) is 24.8 Å². The minimum Gasteiger partial charge on any atom is -0.508 e. The van der Waals surface area contributed by atoms with Gasteiger partial charge < -0.3 is 20.5 Å². The number of hydrogen-bond acceptors (Lipinski definition) is 3. The normalized spacial score (nSPS) is 15.4. The molecule has 0 aliphatic heterocycles. The van der Waals surface area contributed by atoms with Gasteiger partial charge in [0.2, 0.25) is 0 Å². The lowest BCUT2D eigenvalue weighted by Crippen LogP contribution is -2.41. The van der Waals surface area contributed by atoms with Crippen LogP contribution < -0.4 is 15.4 Å². The average Bonchev–Trinajstić information content (AvgIpc) is 3.44. The molecule has 6 heteroatoms. The number of guanidine groups is 1. The molecule has 2 aromatic rings. The molecule has 0 radical (unpaired) electrons. The van der Waals surface area contributed by atoms with E-state index in [-0.39, 0.29) is 11.2 Å². The topological polar surface area (TPSA) is 65.9 Å². The van der Waals surface area contributed by atoms with Gasteiger partial charge in [-0.1, -0.05) is 34.1 Å². The Balaban J connectivity index is 1.60. The number of nitrogens with zero attached hydrogens (tertiary/aromatic N) is 1. The van der Waals surface area contributed by atoms with E-state index in [2.05, 4.69) is 49.8 Å². The first-order valence-corrected chi connectivity index (χ1v) is 9.43. The lowest BCUT2D eigenvalue weighted by molar-refractivity contribution is 0.410. The molecular formula is C20H24BrN3O2. The molecule has 3 rings (SSSR count). The molecule has 26 heavy (non-hydrogen) atoms. The quantitative estimate of drug-likeness (QED) is 0.496. The van der Waals surface area contributed by atoms with Gasteiger partial charge in [-0.25, -0.2) is 0 Å². The molecule has 0 heterocycles. The number of phenols is 1. The average molecular weight is 418 g/mol. The van der Waals surface area contributed by atoms with Crippen LogP contribution in [0.25, 0.3) is 0 Å². The van der Waals surface area contributed by atoms with E-state index in [0.29, 0.717) is 18.3 Å². The molecule has 0 aromatic heterocycles. The van der Waals surface area contributed by atoms with Crippen molar-refractivity contribution in [1.82, 2.24) is 10.6 Å². The molecule has 3 N–H and O–H groups in total. The number of aliphatic imine (C=N–C) groups is 1. The summed E-state index contributed by atoms with van der Waals surface area (Å²) >= 11 is 3.67. The summed E-state index contributed by atoms with van der Waals surface area (Å²) < 4.78 is 6.37. The van der Waals surface area contributed by atoms with Crippen LogP contribution in [0.1, 0.15) is 24.0 Å². The van der Waals surface area contributed by atoms with Crippen molar-refractivity contribution < 1.29 is 9.84 Å². The maximum atomic E-state index is 10.0. The fraction of sp³-hybridized carbons (Fsp3) is 0.350. The van der Waals surface area contributed by atoms with Crippen molar-refractivity contribution in [2.75, 3.05) is 20.7 Å². The van der Waals surface area contributed by atoms with Crippen LogP contribution in [0.5, 0.6) is 11.5 Å². The summed E-state index contributed by atoms with van der Waals surface area (Å²) in [4.78, 5) is 4.29. The van der Waals surface area contributed by atoms with Crippen molar-refractivity contribution in [3.8, 4) is 11.5 Å². The van der Waals surface area contributed by atoms with E-state index in [1.807, 2.05) is 12.1 Å². The SMILES string of the molecule is CN=C(NCc1cc(OC)ccc1O)NCC1(c2ccccc2Br)CC1. The van der Waals surface area contributed by atoms with Gasteiger partial charge in [-0.15, -0.1) is 0 Å². The summed E-state index contributed by atoms with van der Waals surface area (Å²) in [5.74, 6) is 1.67. The second-order valence-corrected chi connectivity index (χ2v) is 7.39. The van der Waals surface area contributed by atoms with Crippen LogP contribution in [-0.4, -0.2) is 31.8 Å². The molecule has 0 saturated heterocycles. The number of methoxy groups -OCH3 is 1. The van der Waals surface area contributed by atoms with Gasteiger partial charge in [0, 0.05) is 35.6 Å². The van der Waals surface area contributed by atoms with Crippen LogP contribution in [0.15, 0.2) is 51.9 Å². The largest absolute Gasteiger partial charge is 0.508 e. The summed E-state index contributed by atoms with van der Waals surface area (Å²) in [6.45, 7) is 1.28. The lowest BCUT2D eigenvalue weighted by atomic mass is 9.96. The Hall–Kier alpha value is -2.21. The molecular weight excluding hydrogens is 394 g/mol. The fourth-order valence-electron chi connectivity index (χ4n) is 3.07. The summed E-state index contributed by atoms with van der Waals surface area (Å²) in [6.07, 6.45) is 2.33. The minimum atomic E-state index is 0.163. The molecule has 5 nitrogen and oxygen atoms in total. The molecule has 2 aromatic carbocycles. The lowest BCUT2D eigenvalue weighted by Gasteiger charge is -2.20. The van der Waals surface area contributed by atoms with Gasteiger partial charge in [-0.05, 0) is 42.7 Å². The molecule has 138 valence electrons. The van der Waals surface area contributed by atoms with Gasteiger partial charge >= 0.3 is 0 Å². The highest BCUT2D eigenvalue weighted by Gasteiger charge is 2.45. The molecule has 1 aliphatic carbocycles. The first-order valence-electron chi connectivity index (χ1n) is 8.63. The minimum absolute atomic E-state index is 0.163. The number of hydrogen-bond donors (Lipinski definition) is 3. The van der Waals surface area contributed by atoms with Gasteiger partial charge in [-0.2, -0.15) is 0 Å². The van der Waals surface area contributed by atoms with Crippen molar-refractivity contribution in [3.05, 3.63) is 58.1 Å². The van der Waals surface area contributed by atoms with E-state index in [0.717, 1.165) is 29.4 Å². The van der Waals surface area contributed by atoms with Crippen LogP contribution in [0.3, 0.4) is 0 Å². The van der Waals surface area contributed by atoms with Gasteiger partial charge in [0.05, 0.1) is 7.11 Å². The molecule has 1 fully saturated rings. The highest BCUT2D eigenvalue weighted by atomic mass is 79.9. The monoisotopic (exact) mass is 417 g/mol. The van der Waals surface area contributed by atoms with E-state index >= 15 is 0 Å². The Bertz CT molecular complexity index is 803. The standard InChI is InChI=1S/C20H24BrN3O2/c1-22-19(23-12-14-11-15(26-2)7-8-18(14)25)24-13-20(9-10-20)16-5-3-4-6-17(16)21/h3-8,11,25H,9-10,12-13H2,1-2H3,(H2,22,23,24). The van der Waals surface area contributed by atoms with Crippen LogP contribution >= 0.6 is 15.9 Å². The summed E-state index contributed by atoms with van der Waals surface area (Å²) in [5.41, 5.74) is 2.27. The van der Waals surface area contributed by atoms with E-state index < -0.39 is 0 Å². The third-order valence-electron chi connectivity index (χ3n) is 4.85. The first kappa shape index (κ1) is 18.6. The van der Waals surface area contributed by atoms with Crippen LogP contribution in [-0.2, 0) is 12.0 Å². The highest BCUT2D eigenvalue weighted by molar-refractivity contribution is 9.10. The number of nitrogens with one attached hydrogen (secondary N) is 2. The Morgan fingerprint density at radius 1 is 1.23 bits per heavy atom. The van der Waals surface area contributed by atoms with Crippen molar-refractivity contribution in [3.63, 3.8) is 0 Å². The predicted molar refractivity (Wildman–Crippen MR) is 108 cm³/mol.